The molecule has 0 spiro atoms. The maximum atomic E-state index is 10.0. The van der Waals surface area contributed by atoms with E-state index in [-0.39, 0.29) is 6.29 Å². The maximum absolute atomic E-state index is 10.0. The molecule has 0 bridgehead atoms. The molecule has 0 unspecified atom stereocenters. The normalized spacial score (nSPS) is 19.2. The third kappa shape index (κ3) is 3.96. The van der Waals surface area contributed by atoms with Gasteiger partial charge in [0, 0.05) is 11.4 Å². The Bertz CT molecular complexity index is 350. The predicted octanol–water partition coefficient (Wildman–Crippen LogP) is 2.92. The first-order valence-corrected chi connectivity index (χ1v) is 6.30. The van der Waals surface area contributed by atoms with E-state index >= 15 is 0 Å². The second kappa shape index (κ2) is 6.36. The Labute approximate surface area is 106 Å². The van der Waals surface area contributed by atoms with Crippen molar-refractivity contribution in [2.45, 2.75) is 31.7 Å². The predicted molar refractivity (Wildman–Crippen MR) is 66.0 cm³/mol. The van der Waals surface area contributed by atoms with Gasteiger partial charge in [0.2, 0.25) is 0 Å². The van der Waals surface area contributed by atoms with E-state index in [9.17, 15) is 5.11 Å². The van der Waals surface area contributed by atoms with Gasteiger partial charge in [0.15, 0.2) is 6.29 Å². The zero-order chi connectivity index (χ0) is 12.1. The van der Waals surface area contributed by atoms with Crippen LogP contribution in [0.15, 0.2) is 24.3 Å². The van der Waals surface area contributed by atoms with E-state index in [1.807, 2.05) is 12.1 Å². The summed E-state index contributed by atoms with van der Waals surface area (Å²) in [4.78, 5) is 0. The van der Waals surface area contributed by atoms with E-state index in [1.54, 1.807) is 12.1 Å². The highest BCUT2D eigenvalue weighted by Gasteiger charge is 2.16. The minimum absolute atomic E-state index is 0.169. The topological polar surface area (TPSA) is 38.7 Å². The molecule has 3 nitrogen and oxygen atoms in total. The lowest BCUT2D eigenvalue weighted by Gasteiger charge is -2.24. The van der Waals surface area contributed by atoms with Crippen LogP contribution in [-0.4, -0.2) is 24.6 Å². The summed E-state index contributed by atoms with van der Waals surface area (Å²) in [6, 6.07) is 7.30. The Morgan fingerprint density at radius 3 is 2.82 bits per heavy atom. The van der Waals surface area contributed by atoms with Gasteiger partial charge in [-0.15, -0.1) is 0 Å². The van der Waals surface area contributed by atoms with Crippen LogP contribution in [0.3, 0.4) is 0 Å². The molecule has 1 saturated heterocycles. The second-order valence-electron chi connectivity index (χ2n) is 4.17. The number of aliphatic hydroxyl groups is 1. The van der Waals surface area contributed by atoms with E-state index in [0.717, 1.165) is 25.2 Å². The molecule has 0 amide bonds. The summed E-state index contributed by atoms with van der Waals surface area (Å²) in [6.07, 6.45) is 1.59. The summed E-state index contributed by atoms with van der Waals surface area (Å²) in [7, 11) is 0. The highest BCUT2D eigenvalue weighted by molar-refractivity contribution is 6.30. The number of hydrogen-bond acceptors (Lipinski definition) is 3. The molecule has 0 saturated carbocycles. The molecule has 4 heteroatoms. The Morgan fingerprint density at radius 2 is 2.12 bits per heavy atom. The van der Waals surface area contributed by atoms with Crippen LogP contribution in [0.4, 0.5) is 0 Å². The lowest BCUT2D eigenvalue weighted by molar-refractivity contribution is -0.183. The van der Waals surface area contributed by atoms with Crippen LogP contribution in [-0.2, 0) is 9.47 Å². The van der Waals surface area contributed by atoms with Crippen LogP contribution in [0.1, 0.15) is 30.9 Å². The Morgan fingerprint density at radius 1 is 1.35 bits per heavy atom. The van der Waals surface area contributed by atoms with E-state index in [4.69, 9.17) is 21.1 Å². The van der Waals surface area contributed by atoms with Crippen molar-refractivity contribution in [3.63, 3.8) is 0 Å². The molecule has 0 aromatic heterocycles. The first kappa shape index (κ1) is 12.8. The van der Waals surface area contributed by atoms with Crippen LogP contribution in [0, 0.1) is 0 Å². The summed E-state index contributed by atoms with van der Waals surface area (Å²) in [5, 5.41) is 10.7. The highest BCUT2D eigenvalue weighted by atomic mass is 35.5. The van der Waals surface area contributed by atoms with Crippen molar-refractivity contribution in [1.82, 2.24) is 0 Å². The first-order chi connectivity index (χ1) is 8.25. The van der Waals surface area contributed by atoms with Gasteiger partial charge in [-0.1, -0.05) is 23.7 Å². The van der Waals surface area contributed by atoms with E-state index in [2.05, 4.69) is 0 Å². The molecule has 2 rings (SSSR count). The van der Waals surface area contributed by atoms with Gasteiger partial charge in [-0.2, -0.15) is 0 Å². The van der Waals surface area contributed by atoms with Gasteiger partial charge in [0.25, 0.3) is 0 Å². The molecule has 1 heterocycles. The molecule has 1 aliphatic rings. The molecule has 17 heavy (non-hydrogen) atoms. The quantitative estimate of drug-likeness (QED) is 0.900. The standard InChI is InChI=1S/C13H17ClO3/c14-11-4-1-3-10(9-11)12(15)5-6-13-16-7-2-8-17-13/h1,3-4,9,12-13,15H,2,5-8H2/t12-/m1/s1. The largest absolute Gasteiger partial charge is 0.388 e. The number of hydrogen-bond donors (Lipinski definition) is 1. The molecule has 1 atom stereocenters. The molecular formula is C13H17ClO3. The average Bonchev–Trinajstić information content (AvgIpc) is 2.37. The van der Waals surface area contributed by atoms with Crippen molar-refractivity contribution in [3.8, 4) is 0 Å². The van der Waals surface area contributed by atoms with Gasteiger partial charge in [0.05, 0.1) is 19.3 Å². The van der Waals surface area contributed by atoms with Crippen LogP contribution in [0.5, 0.6) is 0 Å². The fourth-order valence-electron chi connectivity index (χ4n) is 1.88. The fraction of sp³-hybridized carbons (Fsp3) is 0.538. The van der Waals surface area contributed by atoms with E-state index in [1.165, 1.54) is 0 Å². The van der Waals surface area contributed by atoms with Crippen molar-refractivity contribution < 1.29 is 14.6 Å². The SMILES string of the molecule is O[C@H](CCC1OCCCO1)c1cccc(Cl)c1. The van der Waals surface area contributed by atoms with Crippen LogP contribution >= 0.6 is 11.6 Å². The van der Waals surface area contributed by atoms with E-state index < -0.39 is 6.10 Å². The average molecular weight is 257 g/mol. The molecule has 1 fully saturated rings. The zero-order valence-electron chi connectivity index (χ0n) is 9.64. The van der Waals surface area contributed by atoms with Gasteiger partial charge < -0.3 is 14.6 Å². The summed E-state index contributed by atoms with van der Waals surface area (Å²) in [5.74, 6) is 0. The molecule has 94 valence electrons. The molecule has 1 aliphatic heterocycles. The van der Waals surface area contributed by atoms with Gasteiger partial charge in [-0.25, -0.2) is 0 Å². The van der Waals surface area contributed by atoms with Crippen molar-refractivity contribution in [1.29, 1.82) is 0 Å². The van der Waals surface area contributed by atoms with Gasteiger partial charge in [-0.3, -0.25) is 0 Å². The molecule has 0 aliphatic carbocycles. The molecule has 1 aromatic rings. The third-order valence-corrected chi connectivity index (χ3v) is 3.04. The fourth-order valence-corrected chi connectivity index (χ4v) is 2.08. The monoisotopic (exact) mass is 256 g/mol. The number of rotatable bonds is 4. The van der Waals surface area contributed by atoms with Crippen LogP contribution in [0.2, 0.25) is 5.02 Å². The lowest BCUT2D eigenvalue weighted by atomic mass is 10.0. The van der Waals surface area contributed by atoms with Crippen molar-refractivity contribution in [2.24, 2.45) is 0 Å². The summed E-state index contributed by atoms with van der Waals surface area (Å²) < 4.78 is 10.9. The van der Waals surface area contributed by atoms with Gasteiger partial charge >= 0.3 is 0 Å². The molecular weight excluding hydrogens is 240 g/mol. The summed E-state index contributed by atoms with van der Waals surface area (Å²) in [6.45, 7) is 1.50. The van der Waals surface area contributed by atoms with Crippen molar-refractivity contribution in [2.75, 3.05) is 13.2 Å². The Kier molecular flexibility index (Phi) is 4.80. The summed E-state index contributed by atoms with van der Waals surface area (Å²) >= 11 is 5.88. The molecule has 1 N–H and O–H groups in total. The number of halogens is 1. The highest BCUT2D eigenvalue weighted by Crippen LogP contribution is 2.23. The number of benzene rings is 1. The molecule has 0 radical (unpaired) electrons. The second-order valence-corrected chi connectivity index (χ2v) is 4.61. The third-order valence-electron chi connectivity index (χ3n) is 2.81. The van der Waals surface area contributed by atoms with Crippen molar-refractivity contribution in [3.05, 3.63) is 34.9 Å². The van der Waals surface area contributed by atoms with Gasteiger partial charge in [0.1, 0.15) is 0 Å². The minimum atomic E-state index is -0.511. The molecule has 1 aromatic carbocycles. The Hall–Kier alpha value is -0.610. The van der Waals surface area contributed by atoms with Crippen LogP contribution < -0.4 is 0 Å². The summed E-state index contributed by atoms with van der Waals surface area (Å²) in [5.41, 5.74) is 0.841. The Balaban J connectivity index is 1.82. The maximum Gasteiger partial charge on any atom is 0.157 e. The number of ether oxygens (including phenoxy) is 2. The zero-order valence-corrected chi connectivity index (χ0v) is 10.4. The first-order valence-electron chi connectivity index (χ1n) is 5.92. The van der Waals surface area contributed by atoms with Crippen molar-refractivity contribution >= 4 is 11.6 Å². The van der Waals surface area contributed by atoms with E-state index in [0.29, 0.717) is 17.9 Å². The minimum Gasteiger partial charge on any atom is -0.388 e. The number of aliphatic hydroxyl groups excluding tert-OH is 1. The van der Waals surface area contributed by atoms with Gasteiger partial charge in [-0.05, 0) is 30.5 Å². The van der Waals surface area contributed by atoms with Crippen LogP contribution in [0.25, 0.3) is 0 Å². The smallest absolute Gasteiger partial charge is 0.157 e. The lowest BCUT2D eigenvalue weighted by Crippen LogP contribution is -2.25.